The van der Waals surface area contributed by atoms with Crippen LogP contribution >= 0.6 is 11.6 Å². The van der Waals surface area contributed by atoms with Crippen LogP contribution in [0.25, 0.3) is 0 Å². The standard InChI is InChI=1S/C53H71ClN4O8S2/c1-6-7-8-9-10-11-12-13-14-15-16-17-18-19-20-21-26-39-31-32-41(67(62)66-57-44-29-24-23-28-43(44)54)37-45(39)55-50(59)49(51(60)58-36-35-40-27-22-25-30-47(40)58)65-48-34-33-42(68(5,63)64)38-46(48)56-52(61)53(2,3)4/h22-25,27-34,37-38,49,57H,6-21,26,35-36H2,1-5H3,(H,55,59)(H,56,61). The maximum Gasteiger partial charge on any atom is 0.278 e. The fourth-order valence-electron chi connectivity index (χ4n) is 8.03. The first kappa shape index (κ1) is 54.2. The number of hydrogen-bond acceptors (Lipinski definition) is 9. The Bertz CT molecular complexity index is 2440. The quantitative estimate of drug-likeness (QED) is 0.0286. The Morgan fingerprint density at radius 2 is 1.34 bits per heavy atom. The highest BCUT2D eigenvalue weighted by atomic mass is 35.5. The van der Waals surface area contributed by atoms with Gasteiger partial charge in [0.05, 0.1) is 26.2 Å². The van der Waals surface area contributed by atoms with Crippen molar-refractivity contribution in [1.29, 1.82) is 0 Å². The highest BCUT2D eigenvalue weighted by Crippen LogP contribution is 2.34. The minimum Gasteiger partial charge on any atom is -0.468 e. The van der Waals surface area contributed by atoms with Crippen LogP contribution in [0.15, 0.2) is 94.7 Å². The average molecular weight is 992 g/mol. The van der Waals surface area contributed by atoms with Gasteiger partial charge in [-0.2, -0.15) is 4.28 Å². The third-order valence-corrected chi connectivity index (χ3v) is 14.4. The molecule has 4 aromatic carbocycles. The fourth-order valence-corrected chi connectivity index (χ4v) is 9.51. The Hall–Kier alpha value is -4.76. The third-order valence-electron chi connectivity index (χ3n) is 12.1. The van der Waals surface area contributed by atoms with E-state index in [2.05, 4.69) is 23.0 Å². The van der Waals surface area contributed by atoms with Gasteiger partial charge >= 0.3 is 0 Å². The van der Waals surface area contributed by atoms with Crippen molar-refractivity contribution in [2.75, 3.05) is 33.8 Å². The summed E-state index contributed by atoms with van der Waals surface area (Å²) in [5.41, 5.74) is 4.81. The number of nitrogens with zero attached hydrogens (tertiary/aromatic N) is 1. The molecule has 5 rings (SSSR count). The van der Waals surface area contributed by atoms with Gasteiger partial charge in [-0.05, 0) is 78.9 Å². The molecule has 0 saturated heterocycles. The highest BCUT2D eigenvalue weighted by molar-refractivity contribution is 7.90. The van der Waals surface area contributed by atoms with Crippen molar-refractivity contribution in [2.24, 2.45) is 5.41 Å². The van der Waals surface area contributed by atoms with Crippen molar-refractivity contribution in [3.63, 3.8) is 0 Å². The molecule has 12 nitrogen and oxygen atoms in total. The van der Waals surface area contributed by atoms with Crippen LogP contribution in [0.4, 0.5) is 22.7 Å². The lowest BCUT2D eigenvalue weighted by atomic mass is 9.95. The van der Waals surface area contributed by atoms with Crippen LogP contribution in [0.5, 0.6) is 5.75 Å². The Labute approximate surface area is 412 Å². The highest BCUT2D eigenvalue weighted by Gasteiger charge is 2.38. The number of anilines is 4. The predicted molar refractivity (Wildman–Crippen MR) is 275 cm³/mol. The monoisotopic (exact) mass is 990 g/mol. The zero-order valence-electron chi connectivity index (χ0n) is 40.5. The summed E-state index contributed by atoms with van der Waals surface area (Å²) >= 11 is 4.22. The second kappa shape index (κ2) is 26.8. The van der Waals surface area contributed by atoms with Gasteiger partial charge in [-0.25, -0.2) is 18.1 Å². The molecule has 3 N–H and O–H groups in total. The number of hydrogen-bond donors (Lipinski definition) is 3. The second-order valence-corrected chi connectivity index (χ2v) is 22.3. The molecular weight excluding hydrogens is 920 g/mol. The van der Waals surface area contributed by atoms with E-state index >= 15 is 0 Å². The molecule has 1 heterocycles. The summed E-state index contributed by atoms with van der Waals surface area (Å²) in [6.07, 6.45) is 20.2. The van der Waals surface area contributed by atoms with Gasteiger partial charge < -0.3 is 20.3 Å². The summed E-state index contributed by atoms with van der Waals surface area (Å²) in [4.78, 5) is 44.4. The lowest BCUT2D eigenvalue weighted by Gasteiger charge is -2.26. The van der Waals surface area contributed by atoms with E-state index in [1.807, 2.05) is 18.2 Å². The van der Waals surface area contributed by atoms with Crippen molar-refractivity contribution < 1.29 is 36.0 Å². The minimum absolute atomic E-state index is 0.0231. The molecule has 370 valence electrons. The number of unbranched alkanes of at least 4 members (excludes halogenated alkanes) is 15. The zero-order valence-corrected chi connectivity index (χ0v) is 42.9. The lowest BCUT2D eigenvalue weighted by molar-refractivity contribution is -0.134. The molecule has 0 bridgehead atoms. The van der Waals surface area contributed by atoms with Crippen LogP contribution < -0.4 is 25.8 Å². The van der Waals surface area contributed by atoms with E-state index in [9.17, 15) is 27.0 Å². The van der Waals surface area contributed by atoms with Gasteiger partial charge in [0.25, 0.3) is 17.9 Å². The molecule has 1 aliphatic rings. The number of carbonyl (C=O) groups is 3. The molecule has 0 saturated carbocycles. The van der Waals surface area contributed by atoms with Crippen LogP contribution in [-0.4, -0.2) is 49.3 Å². The largest absolute Gasteiger partial charge is 0.468 e. The number of benzene rings is 4. The topological polar surface area (TPSA) is 160 Å². The van der Waals surface area contributed by atoms with Crippen LogP contribution in [-0.2, 0) is 52.4 Å². The van der Waals surface area contributed by atoms with E-state index in [-0.39, 0.29) is 21.2 Å². The summed E-state index contributed by atoms with van der Waals surface area (Å²) in [5, 5.41) is 6.06. The first-order valence-corrected chi connectivity index (χ1v) is 27.7. The summed E-state index contributed by atoms with van der Waals surface area (Å²) in [7, 11) is -3.73. The zero-order chi connectivity index (χ0) is 49.1. The number of nitrogens with one attached hydrogen (secondary N) is 3. The number of ether oxygens (including phenoxy) is 1. The molecule has 68 heavy (non-hydrogen) atoms. The Morgan fingerprint density at radius 3 is 1.96 bits per heavy atom. The van der Waals surface area contributed by atoms with Crippen LogP contribution in [0.3, 0.4) is 0 Å². The van der Waals surface area contributed by atoms with Crippen LogP contribution in [0, 0.1) is 5.41 Å². The molecule has 0 aliphatic carbocycles. The minimum atomic E-state index is -3.73. The number of rotatable bonds is 28. The molecule has 2 atom stereocenters. The third kappa shape index (κ3) is 16.7. The number of para-hydroxylation sites is 2. The van der Waals surface area contributed by atoms with Gasteiger partial charge in [0.15, 0.2) is 9.84 Å². The normalized spacial score (nSPS) is 13.4. The smallest absolute Gasteiger partial charge is 0.278 e. The van der Waals surface area contributed by atoms with Gasteiger partial charge in [-0.1, -0.05) is 172 Å². The van der Waals surface area contributed by atoms with Crippen molar-refractivity contribution in [2.45, 2.75) is 159 Å². The number of sulfone groups is 1. The maximum atomic E-state index is 14.8. The van der Waals surface area contributed by atoms with Gasteiger partial charge in [0.1, 0.15) is 5.75 Å². The van der Waals surface area contributed by atoms with E-state index in [1.165, 1.54) is 100 Å². The van der Waals surface area contributed by atoms with Crippen molar-refractivity contribution in [3.8, 4) is 5.75 Å². The number of carbonyl (C=O) groups excluding carboxylic acids is 3. The fraction of sp³-hybridized carbons (Fsp3) is 0.491. The molecule has 0 spiro atoms. The van der Waals surface area contributed by atoms with Gasteiger partial charge in [-0.3, -0.25) is 14.4 Å². The van der Waals surface area contributed by atoms with E-state index in [0.717, 1.165) is 43.1 Å². The second-order valence-electron chi connectivity index (χ2n) is 18.8. The van der Waals surface area contributed by atoms with Crippen LogP contribution in [0.2, 0.25) is 5.02 Å². The molecule has 3 amide bonds. The maximum absolute atomic E-state index is 14.8. The number of fused-ring (bicyclic) bond motifs is 1. The Kier molecular flexibility index (Phi) is 21.4. The molecule has 0 radical (unpaired) electrons. The van der Waals surface area contributed by atoms with Gasteiger partial charge in [-0.15, -0.1) is 0 Å². The molecule has 15 heteroatoms. The first-order chi connectivity index (χ1) is 32.6. The lowest BCUT2D eigenvalue weighted by Crippen LogP contribution is -2.48. The predicted octanol–water partition coefficient (Wildman–Crippen LogP) is 12.6. The number of halogens is 1. The van der Waals surface area contributed by atoms with E-state index in [4.69, 9.17) is 20.6 Å². The molecule has 1 aliphatic heterocycles. The SMILES string of the molecule is CCCCCCCCCCCCCCCCCCc1ccc(S(=O)ONc2ccccc2Cl)cc1NC(=O)C(Oc1ccc(S(C)(=O)=O)cc1NC(=O)C(C)(C)C)C(=O)N1CCc2ccccc21. The van der Waals surface area contributed by atoms with E-state index < -0.39 is 50.2 Å². The van der Waals surface area contributed by atoms with Crippen molar-refractivity contribution >= 4 is 73.0 Å². The van der Waals surface area contributed by atoms with Gasteiger partial charge in [0.2, 0.25) is 17.0 Å². The van der Waals surface area contributed by atoms with Crippen LogP contribution in [0.1, 0.15) is 142 Å². The molecule has 0 fully saturated rings. The summed E-state index contributed by atoms with van der Waals surface area (Å²) in [5.74, 6) is -2.02. The number of amides is 3. The molecule has 4 aromatic rings. The Balaban J connectivity index is 1.34. The molecule has 2 unspecified atom stereocenters. The average Bonchev–Trinajstić information content (AvgIpc) is 3.74. The summed E-state index contributed by atoms with van der Waals surface area (Å²) in [6.45, 7) is 7.64. The molecule has 0 aromatic heterocycles. The summed E-state index contributed by atoms with van der Waals surface area (Å²) < 4.78 is 50.7. The van der Waals surface area contributed by atoms with Gasteiger partial charge in [0, 0.05) is 29.6 Å². The van der Waals surface area contributed by atoms with Crippen molar-refractivity contribution in [3.05, 3.63) is 101 Å². The van der Waals surface area contributed by atoms with E-state index in [1.54, 1.807) is 69.3 Å². The van der Waals surface area contributed by atoms with Crippen molar-refractivity contribution in [1.82, 2.24) is 0 Å². The summed E-state index contributed by atoms with van der Waals surface area (Å²) in [6, 6.07) is 23.2. The molecular formula is C53H71ClN4O8S2. The Morgan fingerprint density at radius 1 is 0.735 bits per heavy atom. The number of aryl methyl sites for hydroxylation is 1. The first-order valence-electron chi connectivity index (χ1n) is 24.3. The van der Waals surface area contributed by atoms with E-state index in [0.29, 0.717) is 41.5 Å².